The quantitative estimate of drug-likeness (QED) is 0.374. The summed E-state index contributed by atoms with van der Waals surface area (Å²) in [6, 6.07) is 8.66. The third-order valence-electron chi connectivity index (χ3n) is 6.29. The van der Waals surface area contributed by atoms with Gasteiger partial charge in [0.1, 0.15) is 11.4 Å². The van der Waals surface area contributed by atoms with Crippen molar-refractivity contribution >= 4 is 43.9 Å². The molecule has 0 fully saturated rings. The van der Waals surface area contributed by atoms with Gasteiger partial charge in [-0.15, -0.1) is 0 Å². The van der Waals surface area contributed by atoms with Crippen molar-refractivity contribution in [2.24, 2.45) is 0 Å². The lowest BCUT2D eigenvalue weighted by atomic mass is 10.0. The number of nitrogens with zero attached hydrogens (tertiary/aromatic N) is 2. The van der Waals surface area contributed by atoms with Crippen molar-refractivity contribution < 1.29 is 37.0 Å². The largest absolute Gasteiger partial charge is 0.504 e. The zero-order chi connectivity index (χ0) is 27.4. The Labute approximate surface area is 219 Å². The molecule has 0 unspecified atom stereocenters. The van der Waals surface area contributed by atoms with Crippen LogP contribution in [0.1, 0.15) is 39.0 Å². The lowest BCUT2D eigenvalue weighted by Gasteiger charge is -2.29. The number of benzene rings is 2. The minimum absolute atomic E-state index is 0.00176. The molecule has 0 atom stereocenters. The normalized spacial score (nSPS) is 14.1. The fourth-order valence-electron chi connectivity index (χ4n) is 4.55. The molecule has 38 heavy (non-hydrogen) atoms. The van der Waals surface area contributed by atoms with Crippen molar-refractivity contribution in [1.82, 2.24) is 9.47 Å². The molecule has 10 nitrogen and oxygen atoms in total. The highest BCUT2D eigenvalue weighted by Crippen LogP contribution is 2.39. The molecule has 0 bridgehead atoms. The van der Waals surface area contributed by atoms with Gasteiger partial charge in [-0.25, -0.2) is 18.0 Å². The fraction of sp³-hybridized carbons (Fsp3) is 0.333. The topological polar surface area (TPSA) is 128 Å². The number of hydrogen-bond acceptors (Lipinski definition) is 8. The van der Waals surface area contributed by atoms with E-state index in [1.54, 1.807) is 33.8 Å². The van der Waals surface area contributed by atoms with Crippen LogP contribution < -0.4 is 0 Å². The lowest BCUT2D eigenvalue weighted by molar-refractivity contribution is 0.0220. The van der Waals surface area contributed by atoms with Crippen LogP contribution in [0.15, 0.2) is 56.8 Å². The molecule has 2 aromatic heterocycles. The van der Waals surface area contributed by atoms with Gasteiger partial charge in [-0.05, 0) is 58.0 Å². The number of carbonyl (C=O) groups is 2. The summed E-state index contributed by atoms with van der Waals surface area (Å²) in [5.74, 6) is 0.278. The van der Waals surface area contributed by atoms with Gasteiger partial charge in [0.15, 0.2) is 11.3 Å². The summed E-state index contributed by atoms with van der Waals surface area (Å²) in [6.45, 7) is 7.80. The summed E-state index contributed by atoms with van der Waals surface area (Å²) in [5, 5.41) is 11.7. The Morgan fingerprint density at radius 1 is 1.08 bits per heavy atom. The highest BCUT2D eigenvalue weighted by molar-refractivity contribution is 7.91. The maximum absolute atomic E-state index is 13.6. The van der Waals surface area contributed by atoms with Gasteiger partial charge >= 0.3 is 12.2 Å². The van der Waals surface area contributed by atoms with Crippen LogP contribution in [0.3, 0.4) is 0 Å². The number of furan rings is 1. The van der Waals surface area contributed by atoms with Gasteiger partial charge < -0.3 is 23.9 Å². The zero-order valence-corrected chi connectivity index (χ0v) is 22.3. The van der Waals surface area contributed by atoms with Crippen LogP contribution in [0.5, 0.6) is 5.75 Å². The molecule has 3 heterocycles. The second kappa shape index (κ2) is 9.09. The first-order chi connectivity index (χ1) is 17.9. The van der Waals surface area contributed by atoms with Gasteiger partial charge in [0.25, 0.3) is 0 Å². The molecule has 0 saturated heterocycles. The second-order valence-electron chi connectivity index (χ2n) is 10.1. The van der Waals surface area contributed by atoms with E-state index in [0.29, 0.717) is 40.6 Å². The number of fused-ring (bicyclic) bond motifs is 4. The van der Waals surface area contributed by atoms with Crippen molar-refractivity contribution in [2.75, 3.05) is 13.2 Å². The van der Waals surface area contributed by atoms with E-state index in [9.17, 15) is 23.1 Å². The molecular weight excluding hydrogens is 512 g/mol. The van der Waals surface area contributed by atoms with Gasteiger partial charge in [-0.2, -0.15) is 0 Å². The van der Waals surface area contributed by atoms with Crippen molar-refractivity contribution in [3.05, 3.63) is 53.9 Å². The number of phenols is 1. The number of aromatic nitrogens is 1. The van der Waals surface area contributed by atoms with Gasteiger partial charge in [0.05, 0.1) is 28.5 Å². The number of rotatable bonds is 3. The van der Waals surface area contributed by atoms with Crippen LogP contribution >= 0.6 is 0 Å². The van der Waals surface area contributed by atoms with Crippen LogP contribution in [0, 0.1) is 0 Å². The standard InChI is InChI=1S/C27H28N2O8S/c1-5-35-26(32)29-11-8-16-12-17(6-7-21(16)29)38(33,34)18-13-19-20-15-28(25(31)37-27(2,3)4)10-9-23(20)36-24(19)22(30)14-18/h6-8,11-14,30H,5,9-10,15H2,1-4H3. The summed E-state index contributed by atoms with van der Waals surface area (Å²) >= 11 is 0. The molecule has 200 valence electrons. The maximum atomic E-state index is 13.6. The number of carbonyl (C=O) groups excluding carboxylic acids is 2. The van der Waals surface area contributed by atoms with Crippen molar-refractivity contribution in [3.8, 4) is 5.75 Å². The molecule has 1 aliphatic rings. The Bertz CT molecular complexity index is 1690. The predicted octanol–water partition coefficient (Wildman–Crippen LogP) is 5.22. The summed E-state index contributed by atoms with van der Waals surface area (Å²) in [5.41, 5.74) is 0.647. The molecule has 5 rings (SSSR count). The third kappa shape index (κ3) is 4.47. The van der Waals surface area contributed by atoms with Crippen LogP contribution in [-0.4, -0.2) is 53.9 Å². The van der Waals surface area contributed by atoms with E-state index < -0.39 is 27.6 Å². The Morgan fingerprint density at radius 2 is 1.84 bits per heavy atom. The summed E-state index contributed by atoms with van der Waals surface area (Å²) < 4.78 is 44.9. The molecule has 11 heteroatoms. The molecule has 1 aliphatic heterocycles. The number of sulfone groups is 1. The highest BCUT2D eigenvalue weighted by atomic mass is 32.2. The molecule has 0 radical (unpaired) electrons. The Kier molecular flexibility index (Phi) is 6.13. The third-order valence-corrected chi connectivity index (χ3v) is 8.02. The lowest BCUT2D eigenvalue weighted by Crippen LogP contribution is -2.39. The smallest absolute Gasteiger partial charge is 0.418 e. The Balaban J connectivity index is 1.52. The van der Waals surface area contributed by atoms with Crippen molar-refractivity contribution in [2.45, 2.75) is 56.1 Å². The molecule has 0 aliphatic carbocycles. The van der Waals surface area contributed by atoms with E-state index >= 15 is 0 Å². The minimum Gasteiger partial charge on any atom is -0.504 e. The molecular formula is C27H28N2O8S. The van der Waals surface area contributed by atoms with Gasteiger partial charge in [-0.3, -0.25) is 4.57 Å². The molecule has 0 saturated carbocycles. The predicted molar refractivity (Wildman–Crippen MR) is 138 cm³/mol. The summed E-state index contributed by atoms with van der Waals surface area (Å²) in [7, 11) is -4.06. The first-order valence-electron chi connectivity index (χ1n) is 12.2. The van der Waals surface area contributed by atoms with Gasteiger partial charge in [-0.1, -0.05) is 0 Å². The molecule has 1 amide bonds. The monoisotopic (exact) mass is 540 g/mol. The number of amides is 1. The molecule has 2 aromatic carbocycles. The number of aromatic hydroxyl groups is 1. The van der Waals surface area contributed by atoms with Crippen LogP contribution in [-0.2, 0) is 32.3 Å². The second-order valence-corrected chi connectivity index (χ2v) is 12.0. The number of hydrogen-bond donors (Lipinski definition) is 1. The van der Waals surface area contributed by atoms with E-state index in [2.05, 4.69) is 0 Å². The van der Waals surface area contributed by atoms with Gasteiger partial charge in [0, 0.05) is 41.6 Å². The zero-order valence-electron chi connectivity index (χ0n) is 21.5. The van der Waals surface area contributed by atoms with Crippen LogP contribution in [0.25, 0.3) is 21.9 Å². The summed E-state index contributed by atoms with van der Waals surface area (Å²) in [4.78, 5) is 26.2. The van der Waals surface area contributed by atoms with E-state index in [1.807, 2.05) is 0 Å². The first-order valence-corrected chi connectivity index (χ1v) is 13.7. The summed E-state index contributed by atoms with van der Waals surface area (Å²) in [6.07, 6.45) is 0.886. The first kappa shape index (κ1) is 25.7. The molecule has 0 spiro atoms. The Morgan fingerprint density at radius 3 is 2.55 bits per heavy atom. The van der Waals surface area contributed by atoms with Crippen molar-refractivity contribution in [3.63, 3.8) is 0 Å². The minimum atomic E-state index is -4.06. The van der Waals surface area contributed by atoms with Crippen molar-refractivity contribution in [1.29, 1.82) is 0 Å². The number of ether oxygens (including phenoxy) is 2. The SMILES string of the molecule is CCOC(=O)n1ccc2cc(S(=O)(=O)c3cc(O)c4oc5c(c4c3)CN(C(=O)OC(C)(C)C)CC5)ccc21. The average Bonchev–Trinajstić information content (AvgIpc) is 3.44. The van der Waals surface area contributed by atoms with Gasteiger partial charge in [0.2, 0.25) is 9.84 Å². The molecule has 4 aromatic rings. The van der Waals surface area contributed by atoms with E-state index in [4.69, 9.17) is 13.9 Å². The van der Waals surface area contributed by atoms with E-state index in [1.165, 1.54) is 39.9 Å². The fourth-order valence-corrected chi connectivity index (χ4v) is 5.89. The van der Waals surface area contributed by atoms with E-state index in [-0.39, 0.29) is 34.3 Å². The average molecular weight is 541 g/mol. The maximum Gasteiger partial charge on any atom is 0.418 e. The highest BCUT2D eigenvalue weighted by Gasteiger charge is 2.31. The van der Waals surface area contributed by atoms with Crippen LogP contribution in [0.4, 0.5) is 9.59 Å². The molecule has 1 N–H and O–H groups in total. The van der Waals surface area contributed by atoms with Crippen LogP contribution in [0.2, 0.25) is 0 Å². The Hall–Kier alpha value is -3.99. The van der Waals surface area contributed by atoms with E-state index in [0.717, 1.165) is 6.07 Å². The number of phenolic OH excluding ortho intramolecular Hbond substituents is 1.